The molecule has 0 amide bonds. The van der Waals surface area contributed by atoms with Crippen molar-refractivity contribution in [1.82, 2.24) is 4.98 Å². The van der Waals surface area contributed by atoms with Crippen LogP contribution in [0.4, 0.5) is 0 Å². The molecular weight excluding hydrogens is 184 g/mol. The zero-order chi connectivity index (χ0) is 10.5. The molecule has 2 nitrogen and oxygen atoms in total. The van der Waals surface area contributed by atoms with Gasteiger partial charge in [-0.1, -0.05) is 36.9 Å². The second kappa shape index (κ2) is 4.51. The van der Waals surface area contributed by atoms with Crippen LogP contribution in [0.2, 0.25) is 0 Å². The first-order chi connectivity index (χ1) is 7.40. The van der Waals surface area contributed by atoms with E-state index in [2.05, 4.69) is 28.3 Å². The summed E-state index contributed by atoms with van der Waals surface area (Å²) in [6, 6.07) is 10.3. The van der Waals surface area contributed by atoms with Crippen LogP contribution in [0, 0.1) is 0 Å². The van der Waals surface area contributed by atoms with Crippen molar-refractivity contribution in [3.8, 4) is 0 Å². The Morgan fingerprint density at radius 1 is 1.27 bits per heavy atom. The SMILES string of the molecule is C=Cc1cncc[n+]1Cc1ccccc1. The van der Waals surface area contributed by atoms with Gasteiger partial charge in [0, 0.05) is 11.6 Å². The van der Waals surface area contributed by atoms with Crippen LogP contribution in [-0.2, 0) is 6.54 Å². The molecule has 0 saturated heterocycles. The molecule has 0 unspecified atom stereocenters. The third-order valence-corrected chi connectivity index (χ3v) is 2.28. The molecule has 0 bridgehead atoms. The topological polar surface area (TPSA) is 16.8 Å². The van der Waals surface area contributed by atoms with E-state index in [1.54, 1.807) is 6.20 Å². The van der Waals surface area contributed by atoms with Gasteiger partial charge < -0.3 is 0 Å². The zero-order valence-corrected chi connectivity index (χ0v) is 8.50. The molecule has 1 heterocycles. The molecule has 15 heavy (non-hydrogen) atoms. The van der Waals surface area contributed by atoms with Crippen molar-refractivity contribution in [1.29, 1.82) is 0 Å². The average Bonchev–Trinajstić information content (AvgIpc) is 2.31. The standard InChI is InChI=1S/C13H13N2/c1-2-13-10-14-8-9-15(13)11-12-6-4-3-5-7-12/h2-10H,1,11H2/q+1. The number of aromatic nitrogens is 2. The summed E-state index contributed by atoms with van der Waals surface area (Å²) in [5.41, 5.74) is 2.30. The van der Waals surface area contributed by atoms with Gasteiger partial charge in [0.15, 0.2) is 12.7 Å². The maximum Gasteiger partial charge on any atom is 0.223 e. The average molecular weight is 197 g/mol. The van der Waals surface area contributed by atoms with Crippen molar-refractivity contribution < 1.29 is 4.57 Å². The van der Waals surface area contributed by atoms with Gasteiger partial charge in [0.25, 0.3) is 0 Å². The van der Waals surface area contributed by atoms with Crippen LogP contribution in [0.5, 0.6) is 0 Å². The monoisotopic (exact) mass is 197 g/mol. The fourth-order valence-electron chi connectivity index (χ4n) is 1.49. The molecular formula is C13H13N2+. The Labute approximate surface area is 89.5 Å². The van der Waals surface area contributed by atoms with E-state index in [0.29, 0.717) is 0 Å². The van der Waals surface area contributed by atoms with E-state index < -0.39 is 0 Å². The van der Waals surface area contributed by atoms with E-state index in [4.69, 9.17) is 0 Å². The summed E-state index contributed by atoms with van der Waals surface area (Å²) in [5, 5.41) is 0. The van der Waals surface area contributed by atoms with E-state index in [-0.39, 0.29) is 0 Å². The minimum absolute atomic E-state index is 0.852. The van der Waals surface area contributed by atoms with Gasteiger partial charge in [0.05, 0.1) is 12.4 Å². The lowest BCUT2D eigenvalue weighted by atomic mass is 10.2. The number of hydrogen-bond acceptors (Lipinski definition) is 1. The molecule has 0 spiro atoms. The van der Waals surface area contributed by atoms with Crippen LogP contribution in [0.25, 0.3) is 6.08 Å². The van der Waals surface area contributed by atoms with Gasteiger partial charge in [-0.25, -0.2) is 0 Å². The lowest BCUT2D eigenvalue weighted by Gasteiger charge is -1.99. The van der Waals surface area contributed by atoms with Gasteiger partial charge in [0.1, 0.15) is 0 Å². The molecule has 0 radical (unpaired) electrons. The molecule has 0 atom stereocenters. The highest BCUT2D eigenvalue weighted by molar-refractivity contribution is 5.35. The number of nitrogens with zero attached hydrogens (tertiary/aromatic N) is 2. The summed E-state index contributed by atoms with van der Waals surface area (Å²) in [6.07, 6.45) is 7.38. The molecule has 2 heteroatoms. The Kier molecular flexibility index (Phi) is 2.88. The number of hydrogen-bond donors (Lipinski definition) is 0. The van der Waals surface area contributed by atoms with Crippen molar-refractivity contribution in [2.24, 2.45) is 0 Å². The van der Waals surface area contributed by atoms with Crippen LogP contribution in [0.3, 0.4) is 0 Å². The molecule has 2 aromatic rings. The summed E-state index contributed by atoms with van der Waals surface area (Å²) in [4.78, 5) is 4.07. The van der Waals surface area contributed by atoms with E-state index in [0.717, 1.165) is 12.2 Å². The maximum atomic E-state index is 4.07. The quantitative estimate of drug-likeness (QED) is 0.688. The predicted octanol–water partition coefficient (Wildman–Crippen LogP) is 2.06. The summed E-state index contributed by atoms with van der Waals surface area (Å²) in [5.74, 6) is 0. The third-order valence-electron chi connectivity index (χ3n) is 2.28. The Balaban J connectivity index is 2.28. The van der Waals surface area contributed by atoms with E-state index >= 15 is 0 Å². The Morgan fingerprint density at radius 3 is 2.80 bits per heavy atom. The van der Waals surface area contributed by atoms with E-state index in [1.165, 1.54) is 5.56 Å². The second-order valence-electron chi connectivity index (χ2n) is 3.32. The van der Waals surface area contributed by atoms with Gasteiger partial charge in [-0.2, -0.15) is 4.57 Å². The highest BCUT2D eigenvalue weighted by atomic mass is 15.0. The zero-order valence-electron chi connectivity index (χ0n) is 8.50. The van der Waals surface area contributed by atoms with E-state index in [1.807, 2.05) is 36.7 Å². The normalized spacial score (nSPS) is 9.87. The summed E-state index contributed by atoms with van der Waals surface area (Å²) >= 11 is 0. The molecule has 1 aromatic heterocycles. The van der Waals surface area contributed by atoms with Gasteiger partial charge in [-0.15, -0.1) is 0 Å². The molecule has 0 N–H and O–H groups in total. The third kappa shape index (κ3) is 2.29. The second-order valence-corrected chi connectivity index (χ2v) is 3.32. The van der Waals surface area contributed by atoms with Gasteiger partial charge >= 0.3 is 0 Å². The largest absolute Gasteiger partial charge is 0.252 e. The summed E-state index contributed by atoms with van der Waals surface area (Å²) < 4.78 is 2.12. The smallest absolute Gasteiger partial charge is 0.223 e. The van der Waals surface area contributed by atoms with Gasteiger partial charge in [-0.3, -0.25) is 4.98 Å². The molecule has 0 aliphatic rings. The van der Waals surface area contributed by atoms with Crippen LogP contribution in [0.1, 0.15) is 11.3 Å². The first-order valence-corrected chi connectivity index (χ1v) is 4.90. The van der Waals surface area contributed by atoms with Crippen molar-refractivity contribution in [3.63, 3.8) is 0 Å². The van der Waals surface area contributed by atoms with Crippen LogP contribution >= 0.6 is 0 Å². The molecule has 74 valence electrons. The first-order valence-electron chi connectivity index (χ1n) is 4.90. The lowest BCUT2D eigenvalue weighted by Crippen LogP contribution is -2.37. The summed E-state index contributed by atoms with van der Waals surface area (Å²) in [7, 11) is 0. The van der Waals surface area contributed by atoms with Crippen molar-refractivity contribution in [3.05, 3.63) is 66.8 Å². The van der Waals surface area contributed by atoms with Gasteiger partial charge in [-0.05, 0) is 0 Å². The molecule has 0 fully saturated rings. The fourth-order valence-corrected chi connectivity index (χ4v) is 1.49. The highest BCUT2D eigenvalue weighted by Gasteiger charge is 2.06. The van der Waals surface area contributed by atoms with Crippen LogP contribution in [-0.4, -0.2) is 4.98 Å². The predicted molar refractivity (Wildman–Crippen MR) is 60.1 cm³/mol. The minimum atomic E-state index is 0.852. The molecule has 0 aliphatic carbocycles. The highest BCUT2D eigenvalue weighted by Crippen LogP contribution is 1.99. The molecule has 0 saturated carbocycles. The van der Waals surface area contributed by atoms with Gasteiger partial charge in [0.2, 0.25) is 5.69 Å². The Bertz CT molecular complexity index is 449. The minimum Gasteiger partial charge on any atom is -0.252 e. The molecule has 2 rings (SSSR count). The summed E-state index contributed by atoms with van der Waals surface area (Å²) in [6.45, 7) is 4.62. The lowest BCUT2D eigenvalue weighted by molar-refractivity contribution is -0.690. The fraction of sp³-hybridized carbons (Fsp3) is 0.0769. The maximum absolute atomic E-state index is 4.07. The van der Waals surface area contributed by atoms with Crippen LogP contribution in [0.15, 0.2) is 55.5 Å². The molecule has 1 aromatic carbocycles. The Morgan fingerprint density at radius 2 is 2.07 bits per heavy atom. The van der Waals surface area contributed by atoms with E-state index in [9.17, 15) is 0 Å². The van der Waals surface area contributed by atoms with Crippen LogP contribution < -0.4 is 4.57 Å². The van der Waals surface area contributed by atoms with Crippen molar-refractivity contribution in [2.45, 2.75) is 6.54 Å². The number of rotatable bonds is 3. The first kappa shape index (κ1) is 9.59. The van der Waals surface area contributed by atoms with Crippen molar-refractivity contribution >= 4 is 6.08 Å². The van der Waals surface area contributed by atoms with Crippen molar-refractivity contribution in [2.75, 3.05) is 0 Å². The number of benzene rings is 1. The Hall–Kier alpha value is -1.96. The molecule has 0 aliphatic heterocycles.